The molecular formula is C31H53NO6Si. The van der Waals surface area contributed by atoms with Crippen molar-refractivity contribution in [1.82, 2.24) is 0 Å². The Morgan fingerprint density at radius 2 is 1.31 bits per heavy atom. The van der Waals surface area contributed by atoms with Gasteiger partial charge in [0.15, 0.2) is 0 Å². The molecule has 8 heteroatoms. The minimum Gasteiger partial charge on any atom is -0.463 e. The van der Waals surface area contributed by atoms with Gasteiger partial charge >= 0.3 is 14.8 Å². The minimum atomic E-state index is -2.56. The monoisotopic (exact) mass is 563 g/mol. The first-order valence-electron chi connectivity index (χ1n) is 15.1. The summed E-state index contributed by atoms with van der Waals surface area (Å²) in [7, 11) is -2.56. The van der Waals surface area contributed by atoms with Crippen molar-refractivity contribution in [2.24, 2.45) is 0 Å². The van der Waals surface area contributed by atoms with Crippen molar-refractivity contribution >= 4 is 32.4 Å². The zero-order chi connectivity index (χ0) is 28.6. The molecular weight excluding hydrogens is 510 g/mol. The first kappa shape index (κ1) is 35.0. The van der Waals surface area contributed by atoms with E-state index in [0.717, 1.165) is 55.8 Å². The lowest BCUT2D eigenvalue weighted by Crippen LogP contribution is -2.45. The third kappa shape index (κ3) is 17.3. The van der Waals surface area contributed by atoms with Crippen molar-refractivity contribution in [3.8, 4) is 0 Å². The van der Waals surface area contributed by atoms with Crippen LogP contribution in [-0.4, -0.2) is 47.1 Å². The number of hydrogen-bond acceptors (Lipinski definition) is 6. The number of ether oxygens (including phenoxy) is 1. The molecule has 0 aromatic heterocycles. The molecule has 0 fully saturated rings. The highest BCUT2D eigenvalue weighted by molar-refractivity contribution is 6.60. The molecule has 1 aromatic carbocycles. The molecule has 1 aromatic rings. The van der Waals surface area contributed by atoms with Gasteiger partial charge in [0.1, 0.15) is 0 Å². The maximum absolute atomic E-state index is 12.2. The Labute approximate surface area is 238 Å². The van der Waals surface area contributed by atoms with Crippen LogP contribution in [0.3, 0.4) is 0 Å². The summed E-state index contributed by atoms with van der Waals surface area (Å²) in [4.78, 5) is 24.2. The van der Waals surface area contributed by atoms with E-state index in [0.29, 0.717) is 32.8 Å². The van der Waals surface area contributed by atoms with Gasteiger partial charge in [0.25, 0.3) is 0 Å². The summed E-state index contributed by atoms with van der Waals surface area (Å²) in [6.45, 7) is 10.3. The molecule has 0 spiro atoms. The number of amides is 1. The van der Waals surface area contributed by atoms with E-state index in [1.165, 1.54) is 38.2 Å². The number of unbranched alkanes of at least 4 members (excludes halogenated alkanes) is 9. The van der Waals surface area contributed by atoms with Gasteiger partial charge in [-0.25, -0.2) is 4.79 Å². The Bertz CT molecular complexity index is 782. The Balaban J connectivity index is 2.22. The van der Waals surface area contributed by atoms with Gasteiger partial charge in [-0.05, 0) is 63.8 Å². The fourth-order valence-corrected chi connectivity index (χ4v) is 7.01. The summed E-state index contributed by atoms with van der Waals surface area (Å²) >= 11 is 0. The molecule has 0 aliphatic heterocycles. The number of carbonyl (C=O) groups excluding carboxylic acids is 2. The summed E-state index contributed by atoms with van der Waals surface area (Å²) in [6, 6.07) is 8.28. The number of hydrogen-bond donors (Lipinski definition) is 1. The van der Waals surface area contributed by atoms with Crippen LogP contribution in [0.25, 0.3) is 6.08 Å². The summed E-state index contributed by atoms with van der Waals surface area (Å²) < 4.78 is 23.0. The van der Waals surface area contributed by atoms with E-state index in [1.54, 1.807) is 6.08 Å². The zero-order valence-corrected chi connectivity index (χ0v) is 25.9. The number of nitrogens with one attached hydrogen (secondary N) is 1. The first-order chi connectivity index (χ1) is 19.0. The van der Waals surface area contributed by atoms with Gasteiger partial charge < -0.3 is 23.3 Å². The van der Waals surface area contributed by atoms with Crippen LogP contribution < -0.4 is 5.32 Å². The van der Waals surface area contributed by atoms with Gasteiger partial charge in [0.05, 0.1) is 6.61 Å². The normalized spacial score (nSPS) is 11.7. The molecule has 0 aliphatic carbocycles. The van der Waals surface area contributed by atoms with Gasteiger partial charge in [-0.2, -0.15) is 0 Å². The molecule has 0 atom stereocenters. The van der Waals surface area contributed by atoms with E-state index in [-0.39, 0.29) is 11.9 Å². The third-order valence-electron chi connectivity index (χ3n) is 6.33. The molecule has 1 amide bonds. The summed E-state index contributed by atoms with van der Waals surface area (Å²) in [5.41, 5.74) is 1.65. The first-order valence-corrected chi connectivity index (χ1v) is 17.1. The maximum atomic E-state index is 12.2. The number of benzene rings is 1. The van der Waals surface area contributed by atoms with Crippen LogP contribution in [0.1, 0.15) is 110 Å². The predicted octanol–water partition coefficient (Wildman–Crippen LogP) is 7.93. The number of esters is 1. The van der Waals surface area contributed by atoms with Gasteiger partial charge in [-0.3, -0.25) is 4.79 Å². The van der Waals surface area contributed by atoms with Crippen LogP contribution in [0.2, 0.25) is 6.04 Å². The minimum absolute atomic E-state index is 0.0507. The van der Waals surface area contributed by atoms with Gasteiger partial charge in [-0.15, -0.1) is 0 Å². The standard InChI is InChI=1S/C31H53NO6Si/c1-5-9-10-11-12-13-16-19-30(33)32-29-23-20-28(21-24-29)22-25-31(34)35-26-17-14-15-18-27-39(36-6-2,37-7-3)38-8-4/h20-25H,5-19,26-27H2,1-4H3,(H,32,33)/b25-22+. The molecule has 0 aliphatic rings. The second-order valence-corrected chi connectivity index (χ2v) is 12.4. The van der Waals surface area contributed by atoms with Crippen molar-refractivity contribution in [3.63, 3.8) is 0 Å². The van der Waals surface area contributed by atoms with Crippen LogP contribution in [0.5, 0.6) is 0 Å². The lowest BCUT2D eigenvalue weighted by atomic mass is 10.1. The van der Waals surface area contributed by atoms with Crippen molar-refractivity contribution < 1.29 is 27.6 Å². The zero-order valence-electron chi connectivity index (χ0n) is 24.9. The van der Waals surface area contributed by atoms with Crippen molar-refractivity contribution in [3.05, 3.63) is 35.9 Å². The molecule has 0 saturated carbocycles. The Hall–Kier alpha value is -2.00. The Morgan fingerprint density at radius 1 is 0.744 bits per heavy atom. The number of anilines is 1. The topological polar surface area (TPSA) is 83.1 Å². The van der Waals surface area contributed by atoms with Crippen LogP contribution >= 0.6 is 0 Å². The predicted molar refractivity (Wildman–Crippen MR) is 162 cm³/mol. The molecule has 0 bridgehead atoms. The molecule has 39 heavy (non-hydrogen) atoms. The second kappa shape index (κ2) is 22.8. The molecule has 1 rings (SSSR count). The van der Waals surface area contributed by atoms with E-state index in [1.807, 2.05) is 45.0 Å². The van der Waals surface area contributed by atoms with Gasteiger partial charge in [0, 0.05) is 44.0 Å². The SMILES string of the molecule is CCCCCCCCCC(=O)Nc1ccc(/C=C/C(=O)OCCCCCC[Si](OCC)(OCC)OCC)cc1. The maximum Gasteiger partial charge on any atom is 0.500 e. The smallest absolute Gasteiger partial charge is 0.463 e. The van der Waals surface area contributed by atoms with E-state index in [9.17, 15) is 9.59 Å². The van der Waals surface area contributed by atoms with E-state index in [4.69, 9.17) is 18.0 Å². The summed E-state index contributed by atoms with van der Waals surface area (Å²) in [5, 5.41) is 2.95. The second-order valence-electron chi connectivity index (χ2n) is 9.69. The molecule has 222 valence electrons. The fourth-order valence-electron chi connectivity index (χ4n) is 4.33. The quantitative estimate of drug-likeness (QED) is 0.0595. The van der Waals surface area contributed by atoms with Crippen molar-refractivity contribution in [2.75, 3.05) is 31.7 Å². The molecule has 0 unspecified atom stereocenters. The Kier molecular flexibility index (Phi) is 20.5. The molecule has 0 saturated heterocycles. The number of rotatable bonds is 24. The Morgan fingerprint density at radius 3 is 1.92 bits per heavy atom. The highest BCUT2D eigenvalue weighted by atomic mass is 28.4. The highest BCUT2D eigenvalue weighted by Gasteiger charge is 2.39. The molecule has 1 N–H and O–H groups in total. The van der Waals surface area contributed by atoms with Crippen LogP contribution in [-0.2, 0) is 27.6 Å². The van der Waals surface area contributed by atoms with Crippen LogP contribution in [0.15, 0.2) is 30.3 Å². The highest BCUT2D eigenvalue weighted by Crippen LogP contribution is 2.20. The van der Waals surface area contributed by atoms with Gasteiger partial charge in [0.2, 0.25) is 5.91 Å². The average molecular weight is 564 g/mol. The van der Waals surface area contributed by atoms with Crippen molar-refractivity contribution in [2.45, 2.75) is 111 Å². The summed E-state index contributed by atoms with van der Waals surface area (Å²) in [5.74, 6) is -0.299. The number of carbonyl (C=O) groups is 2. The third-order valence-corrected chi connectivity index (χ3v) is 9.48. The lowest BCUT2D eigenvalue weighted by Gasteiger charge is -2.28. The molecule has 7 nitrogen and oxygen atoms in total. The van der Waals surface area contributed by atoms with Crippen LogP contribution in [0, 0.1) is 0 Å². The van der Waals surface area contributed by atoms with Gasteiger partial charge in [-0.1, -0.05) is 70.4 Å². The fraction of sp³-hybridized carbons (Fsp3) is 0.677. The molecule has 0 radical (unpaired) electrons. The van der Waals surface area contributed by atoms with E-state index in [2.05, 4.69) is 12.2 Å². The van der Waals surface area contributed by atoms with Crippen molar-refractivity contribution in [1.29, 1.82) is 0 Å². The summed E-state index contributed by atoms with van der Waals surface area (Å²) in [6.07, 6.45) is 15.9. The average Bonchev–Trinajstić information content (AvgIpc) is 2.92. The molecule has 0 heterocycles. The largest absolute Gasteiger partial charge is 0.500 e. The van der Waals surface area contributed by atoms with Crippen LogP contribution in [0.4, 0.5) is 5.69 Å². The van der Waals surface area contributed by atoms with E-state index < -0.39 is 8.80 Å². The lowest BCUT2D eigenvalue weighted by molar-refractivity contribution is -0.137. The van der Waals surface area contributed by atoms with E-state index >= 15 is 0 Å².